The summed E-state index contributed by atoms with van der Waals surface area (Å²) in [5, 5.41) is 7.15. The molecule has 3 rings (SSSR count). The van der Waals surface area contributed by atoms with E-state index in [9.17, 15) is 8.78 Å². The van der Waals surface area contributed by atoms with Crippen LogP contribution in [0.25, 0.3) is 0 Å². The van der Waals surface area contributed by atoms with E-state index in [1.807, 2.05) is 0 Å². The standard InChI is InChI=1S/C12H17F2N3O/c13-12(14)5-1-3-8(7-12)10-16-11(18-17-10)9-4-2-6-15-9/h8-9,15H,1-7H2/t8?,9-/m0/s1. The smallest absolute Gasteiger partial charge is 0.248 e. The van der Waals surface area contributed by atoms with Crippen molar-refractivity contribution in [2.45, 2.75) is 56.4 Å². The molecule has 100 valence electrons. The molecule has 1 aliphatic carbocycles. The summed E-state index contributed by atoms with van der Waals surface area (Å²) in [5.41, 5.74) is 0. The fourth-order valence-corrected chi connectivity index (χ4v) is 2.84. The van der Waals surface area contributed by atoms with Gasteiger partial charge in [0.15, 0.2) is 5.82 Å². The molecule has 1 aromatic rings. The molecule has 1 unspecified atom stereocenters. The highest BCUT2D eigenvalue weighted by molar-refractivity contribution is 5.02. The number of halogens is 2. The van der Waals surface area contributed by atoms with E-state index in [-0.39, 0.29) is 24.8 Å². The Labute approximate surface area is 104 Å². The molecule has 0 spiro atoms. The van der Waals surface area contributed by atoms with E-state index in [1.54, 1.807) is 0 Å². The third-order valence-electron chi connectivity index (χ3n) is 3.82. The normalized spacial score (nSPS) is 31.7. The highest BCUT2D eigenvalue weighted by atomic mass is 19.3. The van der Waals surface area contributed by atoms with Crippen molar-refractivity contribution in [1.29, 1.82) is 0 Å². The Balaban J connectivity index is 1.72. The zero-order valence-electron chi connectivity index (χ0n) is 10.2. The number of alkyl halides is 2. The first-order valence-electron chi connectivity index (χ1n) is 6.59. The van der Waals surface area contributed by atoms with Crippen LogP contribution >= 0.6 is 0 Å². The summed E-state index contributed by atoms with van der Waals surface area (Å²) in [7, 11) is 0. The van der Waals surface area contributed by atoms with Crippen molar-refractivity contribution < 1.29 is 13.3 Å². The van der Waals surface area contributed by atoms with Crippen molar-refractivity contribution in [1.82, 2.24) is 15.5 Å². The molecule has 2 aliphatic rings. The zero-order chi connectivity index (χ0) is 12.6. The van der Waals surface area contributed by atoms with Crippen molar-refractivity contribution in [2.75, 3.05) is 6.54 Å². The summed E-state index contributed by atoms with van der Waals surface area (Å²) in [6.45, 7) is 0.948. The van der Waals surface area contributed by atoms with Gasteiger partial charge in [-0.15, -0.1) is 0 Å². The summed E-state index contributed by atoms with van der Waals surface area (Å²) >= 11 is 0. The van der Waals surface area contributed by atoms with Gasteiger partial charge in [-0.1, -0.05) is 5.16 Å². The largest absolute Gasteiger partial charge is 0.338 e. The van der Waals surface area contributed by atoms with Gasteiger partial charge < -0.3 is 9.84 Å². The van der Waals surface area contributed by atoms with Crippen LogP contribution in [0.1, 0.15) is 62.2 Å². The molecule has 1 saturated carbocycles. The number of hydrogen-bond acceptors (Lipinski definition) is 4. The highest BCUT2D eigenvalue weighted by Crippen LogP contribution is 2.41. The molecule has 1 saturated heterocycles. The van der Waals surface area contributed by atoms with Crippen LogP contribution in [0.4, 0.5) is 8.78 Å². The molecule has 0 radical (unpaired) electrons. The zero-order valence-corrected chi connectivity index (χ0v) is 10.2. The number of aromatic nitrogens is 2. The predicted octanol–water partition coefficient (Wildman–Crippen LogP) is 2.79. The van der Waals surface area contributed by atoms with E-state index in [0.29, 0.717) is 18.1 Å². The monoisotopic (exact) mass is 257 g/mol. The molecule has 6 heteroatoms. The van der Waals surface area contributed by atoms with E-state index < -0.39 is 5.92 Å². The Hall–Kier alpha value is -1.04. The third-order valence-corrected chi connectivity index (χ3v) is 3.82. The highest BCUT2D eigenvalue weighted by Gasteiger charge is 2.39. The average Bonchev–Trinajstić information content (AvgIpc) is 2.99. The SMILES string of the molecule is FC1(F)CCCC(c2noc([C@@H]3CCCN3)n2)C1. The Morgan fingerprint density at radius 1 is 1.28 bits per heavy atom. The predicted molar refractivity (Wildman–Crippen MR) is 60.4 cm³/mol. The number of rotatable bonds is 2. The molecule has 4 nitrogen and oxygen atoms in total. The van der Waals surface area contributed by atoms with Crippen molar-refractivity contribution in [3.63, 3.8) is 0 Å². The molecule has 1 aliphatic heterocycles. The first-order chi connectivity index (χ1) is 8.64. The van der Waals surface area contributed by atoms with E-state index >= 15 is 0 Å². The van der Waals surface area contributed by atoms with Gasteiger partial charge in [0.25, 0.3) is 0 Å². The molecule has 0 amide bonds. The van der Waals surface area contributed by atoms with Gasteiger partial charge >= 0.3 is 0 Å². The molecule has 2 fully saturated rings. The summed E-state index contributed by atoms with van der Waals surface area (Å²) in [6.07, 6.45) is 3.16. The molecule has 18 heavy (non-hydrogen) atoms. The van der Waals surface area contributed by atoms with Crippen molar-refractivity contribution in [3.8, 4) is 0 Å². The van der Waals surface area contributed by atoms with Crippen LogP contribution in [0.3, 0.4) is 0 Å². The van der Waals surface area contributed by atoms with Crippen molar-refractivity contribution in [2.24, 2.45) is 0 Å². The average molecular weight is 257 g/mol. The number of nitrogens with zero attached hydrogens (tertiary/aromatic N) is 2. The maximum absolute atomic E-state index is 13.3. The molecule has 0 bridgehead atoms. The number of nitrogens with one attached hydrogen (secondary N) is 1. The fraction of sp³-hybridized carbons (Fsp3) is 0.833. The second kappa shape index (κ2) is 4.57. The van der Waals surface area contributed by atoms with Crippen LogP contribution in [-0.4, -0.2) is 22.6 Å². The van der Waals surface area contributed by atoms with Gasteiger partial charge in [0.2, 0.25) is 11.8 Å². The summed E-state index contributed by atoms with van der Waals surface area (Å²) in [4.78, 5) is 4.31. The summed E-state index contributed by atoms with van der Waals surface area (Å²) < 4.78 is 31.9. The molecule has 2 atom stereocenters. The van der Waals surface area contributed by atoms with Gasteiger partial charge in [0.05, 0.1) is 6.04 Å². The lowest BCUT2D eigenvalue weighted by atomic mass is 9.86. The third kappa shape index (κ3) is 2.39. The van der Waals surface area contributed by atoms with Crippen LogP contribution in [0.15, 0.2) is 4.52 Å². The molecular formula is C12H17F2N3O. The van der Waals surface area contributed by atoms with Crippen LogP contribution in [0.5, 0.6) is 0 Å². The lowest BCUT2D eigenvalue weighted by molar-refractivity contribution is -0.0418. The topological polar surface area (TPSA) is 51.0 Å². The van der Waals surface area contributed by atoms with Gasteiger partial charge in [-0.2, -0.15) is 4.98 Å². The van der Waals surface area contributed by atoms with Crippen molar-refractivity contribution >= 4 is 0 Å². The van der Waals surface area contributed by atoms with Gasteiger partial charge in [0.1, 0.15) is 0 Å². The fourth-order valence-electron chi connectivity index (χ4n) is 2.84. The quantitative estimate of drug-likeness (QED) is 0.885. The lowest BCUT2D eigenvalue weighted by Crippen LogP contribution is -2.25. The maximum atomic E-state index is 13.3. The maximum Gasteiger partial charge on any atom is 0.248 e. The molecule has 2 heterocycles. The number of hydrogen-bond donors (Lipinski definition) is 1. The minimum absolute atomic E-state index is 0.0155. The van der Waals surface area contributed by atoms with Gasteiger partial charge in [0, 0.05) is 18.8 Å². The van der Waals surface area contributed by atoms with E-state index in [4.69, 9.17) is 4.52 Å². The Morgan fingerprint density at radius 3 is 2.89 bits per heavy atom. The minimum Gasteiger partial charge on any atom is -0.338 e. The second-order valence-electron chi connectivity index (χ2n) is 5.29. The summed E-state index contributed by atoms with van der Waals surface area (Å²) in [6, 6.07) is 0.107. The molecular weight excluding hydrogens is 240 g/mol. The van der Waals surface area contributed by atoms with E-state index in [0.717, 1.165) is 25.8 Å². The van der Waals surface area contributed by atoms with Gasteiger partial charge in [-0.3, -0.25) is 0 Å². The van der Waals surface area contributed by atoms with Crippen LogP contribution in [0, 0.1) is 0 Å². The van der Waals surface area contributed by atoms with E-state index in [1.165, 1.54) is 0 Å². The molecule has 0 aromatic carbocycles. The Bertz CT molecular complexity index is 415. The minimum atomic E-state index is -2.57. The van der Waals surface area contributed by atoms with Crippen LogP contribution in [-0.2, 0) is 0 Å². The van der Waals surface area contributed by atoms with E-state index in [2.05, 4.69) is 15.5 Å². The van der Waals surface area contributed by atoms with Gasteiger partial charge in [-0.25, -0.2) is 8.78 Å². The lowest BCUT2D eigenvalue weighted by Gasteiger charge is -2.26. The Kier molecular flexibility index (Phi) is 3.05. The summed E-state index contributed by atoms with van der Waals surface area (Å²) in [5.74, 6) is -1.82. The van der Waals surface area contributed by atoms with Gasteiger partial charge in [-0.05, 0) is 32.2 Å². The first kappa shape index (κ1) is 12.0. The molecule has 1 aromatic heterocycles. The second-order valence-corrected chi connectivity index (χ2v) is 5.29. The Morgan fingerprint density at radius 2 is 2.17 bits per heavy atom. The first-order valence-corrected chi connectivity index (χ1v) is 6.59. The van der Waals surface area contributed by atoms with Crippen LogP contribution in [0.2, 0.25) is 0 Å². The van der Waals surface area contributed by atoms with Crippen molar-refractivity contribution in [3.05, 3.63) is 11.7 Å². The molecule has 1 N–H and O–H groups in total. The van der Waals surface area contributed by atoms with Crippen LogP contribution < -0.4 is 5.32 Å².